The van der Waals surface area contributed by atoms with Crippen LogP contribution in [0.2, 0.25) is 0 Å². The number of nitrogens with zero attached hydrogens (tertiary/aromatic N) is 3. The summed E-state index contributed by atoms with van der Waals surface area (Å²) in [7, 11) is 1.75. The zero-order valence-electron chi connectivity index (χ0n) is 19.6. The molecule has 1 saturated heterocycles. The van der Waals surface area contributed by atoms with Gasteiger partial charge in [0.1, 0.15) is 11.9 Å². The number of fused-ring (bicyclic) bond motifs is 1. The molecule has 2 aliphatic rings. The van der Waals surface area contributed by atoms with Crippen molar-refractivity contribution in [2.75, 3.05) is 38.3 Å². The molecule has 2 aromatic rings. The normalized spacial score (nSPS) is 20.0. The molecule has 1 amide bonds. The number of carboxylic acid groups (broad SMARTS) is 1. The Morgan fingerprint density at radius 1 is 1.18 bits per heavy atom. The zero-order valence-corrected chi connectivity index (χ0v) is 19.6. The molecule has 4 rings (SSSR count). The predicted molar refractivity (Wildman–Crippen MR) is 130 cm³/mol. The van der Waals surface area contributed by atoms with E-state index in [1.165, 1.54) is 0 Å². The lowest BCUT2D eigenvalue weighted by atomic mass is 9.86. The van der Waals surface area contributed by atoms with Crippen LogP contribution in [0.3, 0.4) is 0 Å². The molecule has 2 unspecified atom stereocenters. The van der Waals surface area contributed by atoms with E-state index in [9.17, 15) is 14.7 Å². The van der Waals surface area contributed by atoms with Crippen LogP contribution in [0, 0.1) is 5.92 Å². The molecule has 8 nitrogen and oxygen atoms in total. The van der Waals surface area contributed by atoms with Gasteiger partial charge >= 0.3 is 5.97 Å². The number of hydrogen-bond donors (Lipinski definition) is 1. The molecule has 0 aliphatic carbocycles. The van der Waals surface area contributed by atoms with E-state index < -0.39 is 5.97 Å². The lowest BCUT2D eigenvalue weighted by Gasteiger charge is -2.32. The molecule has 0 radical (unpaired) electrons. The molecular weight excluding hydrogens is 434 g/mol. The summed E-state index contributed by atoms with van der Waals surface area (Å²) in [5.41, 5.74) is 3.16. The molecule has 34 heavy (non-hydrogen) atoms. The fourth-order valence-electron chi connectivity index (χ4n) is 4.42. The van der Waals surface area contributed by atoms with Gasteiger partial charge in [0.25, 0.3) is 5.91 Å². The number of hydrazone groups is 1. The van der Waals surface area contributed by atoms with Gasteiger partial charge in [0, 0.05) is 24.2 Å². The Morgan fingerprint density at radius 3 is 2.59 bits per heavy atom. The molecule has 0 bridgehead atoms. The van der Waals surface area contributed by atoms with Crippen LogP contribution in [0.15, 0.2) is 47.6 Å². The summed E-state index contributed by atoms with van der Waals surface area (Å²) in [4.78, 5) is 26.1. The third kappa shape index (κ3) is 5.56. The van der Waals surface area contributed by atoms with Crippen LogP contribution in [0.4, 0.5) is 5.69 Å². The maximum atomic E-state index is 13.2. The van der Waals surface area contributed by atoms with E-state index in [0.717, 1.165) is 42.1 Å². The van der Waals surface area contributed by atoms with E-state index in [2.05, 4.69) is 5.10 Å². The van der Waals surface area contributed by atoms with Gasteiger partial charge in [0.2, 0.25) is 0 Å². The van der Waals surface area contributed by atoms with Crippen LogP contribution in [0.5, 0.6) is 5.75 Å². The highest BCUT2D eigenvalue weighted by Gasteiger charge is 2.31. The third-order valence-electron chi connectivity index (χ3n) is 6.38. The molecule has 180 valence electrons. The summed E-state index contributed by atoms with van der Waals surface area (Å²) in [5.74, 6) is -0.341. The summed E-state index contributed by atoms with van der Waals surface area (Å²) >= 11 is 0. The van der Waals surface area contributed by atoms with Crippen molar-refractivity contribution in [3.8, 4) is 5.75 Å². The van der Waals surface area contributed by atoms with Gasteiger partial charge in [-0.2, -0.15) is 5.10 Å². The fraction of sp³-hybridized carbons (Fsp3) is 0.423. The SMILES string of the molecule is CCC1Oc2ccc(C(=O)N(C)c3ccc(C=NN4CCOCC4)cc3)cc2CC1CC(=O)O. The Morgan fingerprint density at radius 2 is 1.91 bits per heavy atom. The van der Waals surface area contributed by atoms with E-state index in [0.29, 0.717) is 25.2 Å². The highest BCUT2D eigenvalue weighted by molar-refractivity contribution is 6.06. The Balaban J connectivity index is 1.44. The molecule has 2 aliphatic heterocycles. The van der Waals surface area contributed by atoms with Crippen molar-refractivity contribution in [1.82, 2.24) is 5.01 Å². The number of carbonyl (C=O) groups excluding carboxylic acids is 1. The van der Waals surface area contributed by atoms with Gasteiger partial charge in [0.15, 0.2) is 0 Å². The summed E-state index contributed by atoms with van der Waals surface area (Å²) in [6.45, 7) is 4.95. The number of anilines is 1. The molecule has 0 saturated carbocycles. The van der Waals surface area contributed by atoms with Crippen LogP contribution in [0.25, 0.3) is 0 Å². The molecule has 8 heteroatoms. The Labute approximate surface area is 199 Å². The van der Waals surface area contributed by atoms with E-state index in [1.54, 1.807) is 18.0 Å². The minimum atomic E-state index is -0.832. The summed E-state index contributed by atoms with van der Waals surface area (Å²) in [6, 6.07) is 13.1. The summed E-state index contributed by atoms with van der Waals surface area (Å²) in [5, 5.41) is 15.7. The first-order valence-electron chi connectivity index (χ1n) is 11.7. The number of carbonyl (C=O) groups is 2. The second kappa shape index (κ2) is 10.7. The highest BCUT2D eigenvalue weighted by atomic mass is 16.5. The molecular formula is C26H31N3O5. The van der Waals surface area contributed by atoms with E-state index in [-0.39, 0.29) is 24.3 Å². The van der Waals surface area contributed by atoms with E-state index in [4.69, 9.17) is 9.47 Å². The van der Waals surface area contributed by atoms with Gasteiger partial charge in [0.05, 0.1) is 38.9 Å². The van der Waals surface area contributed by atoms with Crippen molar-refractivity contribution in [2.24, 2.45) is 11.0 Å². The lowest BCUT2D eigenvalue weighted by molar-refractivity contribution is -0.139. The molecule has 1 N–H and O–H groups in total. The number of hydrogen-bond acceptors (Lipinski definition) is 6. The van der Waals surface area contributed by atoms with Gasteiger partial charge in [-0.1, -0.05) is 19.1 Å². The highest BCUT2D eigenvalue weighted by Crippen LogP contribution is 2.34. The molecule has 1 fully saturated rings. The van der Waals surface area contributed by atoms with Crippen molar-refractivity contribution < 1.29 is 24.2 Å². The van der Waals surface area contributed by atoms with Gasteiger partial charge in [-0.05, 0) is 54.3 Å². The molecule has 2 aromatic carbocycles. The Hall–Kier alpha value is -3.39. The number of amides is 1. The molecule has 2 heterocycles. The van der Waals surface area contributed by atoms with Gasteiger partial charge in [-0.15, -0.1) is 0 Å². The van der Waals surface area contributed by atoms with Crippen LogP contribution in [-0.2, 0) is 16.0 Å². The first-order valence-corrected chi connectivity index (χ1v) is 11.7. The van der Waals surface area contributed by atoms with Crippen molar-refractivity contribution in [3.63, 3.8) is 0 Å². The minimum Gasteiger partial charge on any atom is -0.490 e. The van der Waals surface area contributed by atoms with Crippen molar-refractivity contribution in [3.05, 3.63) is 59.2 Å². The number of ether oxygens (including phenoxy) is 2. The fourth-order valence-corrected chi connectivity index (χ4v) is 4.42. The van der Waals surface area contributed by atoms with Crippen molar-refractivity contribution in [2.45, 2.75) is 32.3 Å². The van der Waals surface area contributed by atoms with Crippen LogP contribution in [-0.4, -0.2) is 67.7 Å². The number of carboxylic acids is 1. The number of rotatable bonds is 7. The average molecular weight is 466 g/mol. The number of aliphatic carboxylic acids is 1. The summed E-state index contributed by atoms with van der Waals surface area (Å²) < 4.78 is 11.4. The standard InChI is InChI=1S/C26H31N3O5/c1-3-23-21(16-25(30)31)15-20-14-19(6-9-24(20)34-23)26(32)28(2)22-7-4-18(5-8-22)17-27-29-10-12-33-13-11-29/h4-9,14,17,21,23H,3,10-13,15-16H2,1-2H3,(H,30,31). The number of morpholine rings is 1. The van der Waals surface area contributed by atoms with Crippen LogP contribution < -0.4 is 9.64 Å². The lowest BCUT2D eigenvalue weighted by Crippen LogP contribution is -2.34. The molecule has 2 atom stereocenters. The van der Waals surface area contributed by atoms with E-state index in [1.807, 2.05) is 54.5 Å². The van der Waals surface area contributed by atoms with Crippen molar-refractivity contribution in [1.29, 1.82) is 0 Å². The quantitative estimate of drug-likeness (QED) is 0.630. The minimum absolute atomic E-state index is 0.0528. The van der Waals surface area contributed by atoms with Gasteiger partial charge < -0.3 is 19.5 Å². The first-order chi connectivity index (χ1) is 16.4. The molecule has 0 aromatic heterocycles. The number of benzene rings is 2. The largest absolute Gasteiger partial charge is 0.490 e. The maximum absolute atomic E-state index is 13.2. The monoisotopic (exact) mass is 465 g/mol. The Bertz CT molecular complexity index is 1050. The van der Waals surface area contributed by atoms with Crippen LogP contribution >= 0.6 is 0 Å². The first kappa shape index (κ1) is 23.8. The van der Waals surface area contributed by atoms with E-state index >= 15 is 0 Å². The van der Waals surface area contributed by atoms with Crippen LogP contribution in [0.1, 0.15) is 41.3 Å². The average Bonchev–Trinajstić information content (AvgIpc) is 2.86. The Kier molecular flexibility index (Phi) is 7.47. The smallest absolute Gasteiger partial charge is 0.303 e. The maximum Gasteiger partial charge on any atom is 0.303 e. The van der Waals surface area contributed by atoms with Gasteiger partial charge in [-0.3, -0.25) is 14.6 Å². The van der Waals surface area contributed by atoms with Crippen molar-refractivity contribution >= 4 is 23.8 Å². The predicted octanol–water partition coefficient (Wildman–Crippen LogP) is 3.43. The summed E-state index contributed by atoms with van der Waals surface area (Å²) in [6.07, 6.45) is 3.07. The third-order valence-corrected chi connectivity index (χ3v) is 6.38. The second-order valence-corrected chi connectivity index (χ2v) is 8.72. The molecule has 0 spiro atoms. The van der Waals surface area contributed by atoms with Gasteiger partial charge in [-0.25, -0.2) is 0 Å². The second-order valence-electron chi connectivity index (χ2n) is 8.72. The topological polar surface area (TPSA) is 91.7 Å². The zero-order chi connectivity index (χ0) is 24.1.